The Morgan fingerprint density at radius 2 is 1.90 bits per heavy atom. The van der Waals surface area contributed by atoms with Gasteiger partial charge >= 0.3 is 0 Å². The number of benzene rings is 1. The molecule has 0 aliphatic rings. The van der Waals surface area contributed by atoms with Crippen molar-refractivity contribution in [2.75, 3.05) is 7.05 Å². The molecule has 0 amide bonds. The molecular weight excluding hydrogens is 254 g/mol. The third-order valence-corrected chi connectivity index (χ3v) is 3.58. The van der Waals surface area contributed by atoms with Crippen LogP contribution in [0.25, 0.3) is 5.57 Å². The highest BCUT2D eigenvalue weighted by atomic mass is 14.8. The lowest BCUT2D eigenvalue weighted by Crippen LogP contribution is -2.02. The SMILES string of the molecule is C=C(/C=C(CC)\C(=C/NC)CC(C)C)c1ccccc1C. The van der Waals surface area contributed by atoms with Crippen LogP contribution in [-0.2, 0) is 0 Å². The molecule has 1 N–H and O–H groups in total. The summed E-state index contributed by atoms with van der Waals surface area (Å²) in [5.74, 6) is 0.645. The van der Waals surface area contributed by atoms with Crippen LogP contribution in [0.3, 0.4) is 0 Å². The summed E-state index contributed by atoms with van der Waals surface area (Å²) in [6.45, 7) is 13.1. The van der Waals surface area contributed by atoms with Crippen molar-refractivity contribution in [2.45, 2.75) is 40.5 Å². The average molecular weight is 283 g/mol. The van der Waals surface area contributed by atoms with Gasteiger partial charge in [0.25, 0.3) is 0 Å². The second-order valence-corrected chi connectivity index (χ2v) is 5.92. The van der Waals surface area contributed by atoms with Crippen molar-refractivity contribution in [2.24, 2.45) is 5.92 Å². The first kappa shape index (κ1) is 17.3. The van der Waals surface area contributed by atoms with Gasteiger partial charge in [0.05, 0.1) is 0 Å². The van der Waals surface area contributed by atoms with Gasteiger partial charge in [0.15, 0.2) is 0 Å². The van der Waals surface area contributed by atoms with Crippen LogP contribution in [0.5, 0.6) is 0 Å². The van der Waals surface area contributed by atoms with Gasteiger partial charge in [0.2, 0.25) is 0 Å². The number of allylic oxidation sites excluding steroid dienone is 4. The van der Waals surface area contributed by atoms with E-state index in [4.69, 9.17) is 0 Å². The summed E-state index contributed by atoms with van der Waals surface area (Å²) in [5, 5.41) is 3.18. The van der Waals surface area contributed by atoms with Crippen LogP contribution in [0.1, 0.15) is 44.7 Å². The fourth-order valence-corrected chi connectivity index (χ4v) is 2.54. The van der Waals surface area contributed by atoms with E-state index in [9.17, 15) is 0 Å². The van der Waals surface area contributed by atoms with Gasteiger partial charge in [-0.25, -0.2) is 0 Å². The van der Waals surface area contributed by atoms with Crippen molar-refractivity contribution < 1.29 is 0 Å². The molecule has 0 saturated heterocycles. The first-order valence-electron chi connectivity index (χ1n) is 7.81. The van der Waals surface area contributed by atoms with Crippen molar-refractivity contribution in [3.63, 3.8) is 0 Å². The number of rotatable bonds is 7. The summed E-state index contributed by atoms with van der Waals surface area (Å²) in [4.78, 5) is 0. The zero-order valence-electron chi connectivity index (χ0n) is 14.2. The van der Waals surface area contributed by atoms with E-state index in [1.54, 1.807) is 0 Å². The number of hydrogen-bond donors (Lipinski definition) is 1. The van der Waals surface area contributed by atoms with E-state index in [1.165, 1.54) is 22.3 Å². The summed E-state index contributed by atoms with van der Waals surface area (Å²) in [6, 6.07) is 8.43. The van der Waals surface area contributed by atoms with Gasteiger partial charge in [0.1, 0.15) is 0 Å². The Kier molecular flexibility index (Phi) is 7.01. The maximum absolute atomic E-state index is 4.27. The van der Waals surface area contributed by atoms with Crippen LogP contribution in [0.2, 0.25) is 0 Å². The van der Waals surface area contributed by atoms with Crippen molar-refractivity contribution in [3.05, 3.63) is 65.4 Å². The smallest absolute Gasteiger partial charge is 0.00278 e. The van der Waals surface area contributed by atoms with Crippen LogP contribution in [0, 0.1) is 12.8 Å². The molecule has 114 valence electrons. The minimum absolute atomic E-state index is 0.645. The lowest BCUT2D eigenvalue weighted by molar-refractivity contribution is 0.640. The van der Waals surface area contributed by atoms with Gasteiger partial charge < -0.3 is 5.32 Å². The van der Waals surface area contributed by atoms with Crippen LogP contribution >= 0.6 is 0 Å². The predicted octanol–water partition coefficient (Wildman–Crippen LogP) is 5.49. The topological polar surface area (TPSA) is 12.0 Å². The van der Waals surface area contributed by atoms with Gasteiger partial charge in [-0.05, 0) is 59.7 Å². The Labute approximate surface area is 130 Å². The van der Waals surface area contributed by atoms with E-state index in [0.717, 1.165) is 18.4 Å². The predicted molar refractivity (Wildman–Crippen MR) is 95.2 cm³/mol. The van der Waals surface area contributed by atoms with Gasteiger partial charge in [-0.2, -0.15) is 0 Å². The summed E-state index contributed by atoms with van der Waals surface area (Å²) < 4.78 is 0. The Balaban J connectivity index is 3.10. The minimum Gasteiger partial charge on any atom is -0.394 e. The highest BCUT2D eigenvalue weighted by Gasteiger charge is 2.08. The van der Waals surface area contributed by atoms with Crippen molar-refractivity contribution >= 4 is 5.57 Å². The van der Waals surface area contributed by atoms with E-state index in [1.807, 2.05) is 7.05 Å². The fourth-order valence-electron chi connectivity index (χ4n) is 2.54. The quantitative estimate of drug-likeness (QED) is 0.652. The number of nitrogens with one attached hydrogen (secondary N) is 1. The Morgan fingerprint density at radius 1 is 1.24 bits per heavy atom. The molecule has 1 nitrogen and oxygen atoms in total. The van der Waals surface area contributed by atoms with Gasteiger partial charge in [0, 0.05) is 7.05 Å². The molecule has 0 heterocycles. The molecule has 1 aromatic carbocycles. The Bertz CT molecular complexity index is 533. The van der Waals surface area contributed by atoms with Crippen molar-refractivity contribution in [1.29, 1.82) is 0 Å². The van der Waals surface area contributed by atoms with Gasteiger partial charge in [-0.1, -0.05) is 57.7 Å². The lowest BCUT2D eigenvalue weighted by atomic mass is 9.92. The molecular formula is C20H29N. The van der Waals surface area contributed by atoms with E-state index >= 15 is 0 Å². The largest absolute Gasteiger partial charge is 0.394 e. The molecule has 0 aromatic heterocycles. The van der Waals surface area contributed by atoms with Crippen LogP contribution < -0.4 is 5.32 Å². The summed E-state index contributed by atoms with van der Waals surface area (Å²) in [5.41, 5.74) is 6.35. The molecule has 1 rings (SSSR count). The molecule has 21 heavy (non-hydrogen) atoms. The summed E-state index contributed by atoms with van der Waals surface area (Å²) in [7, 11) is 1.96. The van der Waals surface area contributed by atoms with Crippen LogP contribution in [-0.4, -0.2) is 7.05 Å². The maximum atomic E-state index is 4.27. The minimum atomic E-state index is 0.645. The zero-order valence-corrected chi connectivity index (χ0v) is 14.2. The molecule has 0 aliphatic carbocycles. The molecule has 0 spiro atoms. The van der Waals surface area contributed by atoms with Crippen molar-refractivity contribution in [1.82, 2.24) is 5.32 Å². The van der Waals surface area contributed by atoms with Crippen molar-refractivity contribution in [3.8, 4) is 0 Å². The molecule has 1 heteroatoms. The summed E-state index contributed by atoms with van der Waals surface area (Å²) in [6.07, 6.45) is 6.47. The second-order valence-electron chi connectivity index (χ2n) is 5.92. The maximum Gasteiger partial charge on any atom is 0.00278 e. The number of aryl methyl sites for hydroxylation is 1. The third kappa shape index (κ3) is 5.26. The second kappa shape index (κ2) is 8.51. The highest BCUT2D eigenvalue weighted by Crippen LogP contribution is 2.26. The average Bonchev–Trinajstić information content (AvgIpc) is 2.44. The summed E-state index contributed by atoms with van der Waals surface area (Å²) >= 11 is 0. The van der Waals surface area contributed by atoms with E-state index < -0.39 is 0 Å². The Hall–Kier alpha value is -1.76. The van der Waals surface area contributed by atoms with E-state index in [-0.39, 0.29) is 0 Å². The first-order chi connectivity index (χ1) is 9.99. The van der Waals surface area contributed by atoms with E-state index in [2.05, 4.69) is 76.1 Å². The molecule has 0 aliphatic heterocycles. The normalized spacial score (nSPS) is 12.7. The molecule has 0 bridgehead atoms. The van der Waals surface area contributed by atoms with Gasteiger partial charge in [-0.3, -0.25) is 0 Å². The first-order valence-corrected chi connectivity index (χ1v) is 7.81. The van der Waals surface area contributed by atoms with Crippen LogP contribution in [0.4, 0.5) is 0 Å². The van der Waals surface area contributed by atoms with Crippen LogP contribution in [0.15, 0.2) is 54.3 Å². The monoisotopic (exact) mass is 283 g/mol. The fraction of sp³-hybridized carbons (Fsp3) is 0.400. The molecule has 0 fully saturated rings. The highest BCUT2D eigenvalue weighted by molar-refractivity contribution is 5.75. The van der Waals surface area contributed by atoms with Gasteiger partial charge in [-0.15, -0.1) is 0 Å². The number of hydrogen-bond acceptors (Lipinski definition) is 1. The molecule has 0 saturated carbocycles. The molecule has 0 radical (unpaired) electrons. The van der Waals surface area contributed by atoms with E-state index in [0.29, 0.717) is 5.92 Å². The molecule has 1 aromatic rings. The third-order valence-electron chi connectivity index (χ3n) is 3.58. The zero-order chi connectivity index (χ0) is 15.8. The molecule has 0 atom stereocenters. The molecule has 0 unspecified atom stereocenters. The standard InChI is InChI=1S/C20H29N/c1-7-18(19(14-21-6)12-15(2)3)13-17(5)20-11-9-8-10-16(20)4/h8-11,13-15,21H,5,7,12H2,1-4,6H3/b18-13-,19-14-. The Morgan fingerprint density at radius 3 is 2.43 bits per heavy atom. The lowest BCUT2D eigenvalue weighted by Gasteiger charge is -2.15.